The highest BCUT2D eigenvalue weighted by atomic mass is 19.1. The average molecular weight is 329 g/mol. The highest BCUT2D eigenvalue weighted by molar-refractivity contribution is 5.95. The van der Waals surface area contributed by atoms with Crippen LogP contribution in [0.25, 0.3) is 0 Å². The normalized spacial score (nSPS) is 20.4. The van der Waals surface area contributed by atoms with Gasteiger partial charge in [0.2, 0.25) is 0 Å². The van der Waals surface area contributed by atoms with Gasteiger partial charge in [-0.05, 0) is 43.5 Å². The molecule has 1 aliphatic rings. The molecule has 1 amide bonds. The van der Waals surface area contributed by atoms with Crippen molar-refractivity contribution in [1.82, 2.24) is 15.1 Å². The van der Waals surface area contributed by atoms with Crippen molar-refractivity contribution in [2.45, 2.75) is 38.8 Å². The fourth-order valence-electron chi connectivity index (χ4n) is 3.15. The van der Waals surface area contributed by atoms with Gasteiger partial charge in [0.1, 0.15) is 5.82 Å². The first-order valence-electron chi connectivity index (χ1n) is 8.07. The van der Waals surface area contributed by atoms with Gasteiger partial charge >= 0.3 is 0 Å². The lowest BCUT2D eigenvalue weighted by Gasteiger charge is -2.25. The Kier molecular flexibility index (Phi) is 4.57. The predicted octanol–water partition coefficient (Wildman–Crippen LogP) is 2.43. The van der Waals surface area contributed by atoms with Crippen LogP contribution in [0.4, 0.5) is 4.39 Å². The van der Waals surface area contributed by atoms with E-state index in [4.69, 9.17) is 0 Å². The van der Waals surface area contributed by atoms with Gasteiger partial charge in [-0.3, -0.25) is 4.79 Å². The van der Waals surface area contributed by atoms with Gasteiger partial charge < -0.3 is 10.0 Å². The van der Waals surface area contributed by atoms with E-state index in [9.17, 15) is 14.3 Å². The zero-order valence-corrected chi connectivity index (χ0v) is 13.7. The molecule has 0 saturated carbocycles. The number of carbonyl (C=O) groups is 1. The summed E-state index contributed by atoms with van der Waals surface area (Å²) in [7, 11) is 0. The third-order valence-corrected chi connectivity index (χ3v) is 4.35. The Morgan fingerprint density at radius 3 is 2.71 bits per heavy atom. The first-order chi connectivity index (χ1) is 11.5. The minimum Gasteiger partial charge on any atom is -0.391 e. The Hall–Kier alpha value is -2.34. The summed E-state index contributed by atoms with van der Waals surface area (Å²) in [5.41, 5.74) is 2.66. The zero-order chi connectivity index (χ0) is 17.3. The van der Waals surface area contributed by atoms with E-state index >= 15 is 0 Å². The van der Waals surface area contributed by atoms with Gasteiger partial charge in [0.25, 0.3) is 5.91 Å². The zero-order valence-electron chi connectivity index (χ0n) is 13.7. The molecule has 2 aromatic rings. The summed E-state index contributed by atoms with van der Waals surface area (Å²) in [5.74, 6) is -0.492. The number of aryl methyl sites for hydroxylation is 2. The molecule has 5 nitrogen and oxygen atoms in total. The van der Waals surface area contributed by atoms with E-state index in [-0.39, 0.29) is 24.3 Å². The molecule has 1 N–H and O–H groups in total. The molecule has 2 atom stereocenters. The molecule has 1 fully saturated rings. The molecule has 126 valence electrons. The largest absolute Gasteiger partial charge is 0.391 e. The molecule has 1 aromatic carbocycles. The molecule has 2 heterocycles. The molecular formula is C18H20FN3O2. The van der Waals surface area contributed by atoms with Crippen LogP contribution >= 0.6 is 0 Å². The van der Waals surface area contributed by atoms with Gasteiger partial charge in [-0.2, -0.15) is 10.2 Å². The number of β-amino-alcohol motifs (C(OH)–C–C–N with tert-alkyl or cyclic N) is 1. The number of aliphatic hydroxyl groups is 1. The molecule has 0 aliphatic carbocycles. The lowest BCUT2D eigenvalue weighted by Crippen LogP contribution is -2.32. The average Bonchev–Trinajstić information content (AvgIpc) is 2.96. The minimum atomic E-state index is -0.593. The SMILES string of the molecule is CCc1nnc(C)cc1C(=O)N1C[C@H](O)C[C@H]1c1ccc(F)cc1. The number of halogens is 1. The van der Waals surface area contributed by atoms with Gasteiger partial charge in [-0.25, -0.2) is 4.39 Å². The number of rotatable bonds is 3. The Bertz CT molecular complexity index is 748. The van der Waals surface area contributed by atoms with Crippen LogP contribution in [0.2, 0.25) is 0 Å². The Morgan fingerprint density at radius 1 is 1.33 bits per heavy atom. The van der Waals surface area contributed by atoms with Crippen molar-refractivity contribution < 1.29 is 14.3 Å². The summed E-state index contributed by atoms with van der Waals surface area (Å²) in [4.78, 5) is 14.7. The third kappa shape index (κ3) is 3.14. The van der Waals surface area contributed by atoms with Gasteiger partial charge in [0, 0.05) is 6.54 Å². The van der Waals surface area contributed by atoms with Crippen LogP contribution < -0.4 is 0 Å². The van der Waals surface area contributed by atoms with E-state index < -0.39 is 6.10 Å². The standard InChI is InChI=1S/C18H20FN3O2/c1-3-16-15(8-11(2)20-21-16)18(24)22-10-14(23)9-17(22)12-4-6-13(19)7-5-12/h4-8,14,17,23H,3,9-10H2,1-2H3/t14-,17+/m1/s1. The van der Waals surface area contributed by atoms with Crippen LogP contribution in [0.5, 0.6) is 0 Å². The number of carbonyl (C=O) groups excluding carboxylic acids is 1. The quantitative estimate of drug-likeness (QED) is 0.939. The predicted molar refractivity (Wildman–Crippen MR) is 86.9 cm³/mol. The molecular weight excluding hydrogens is 309 g/mol. The van der Waals surface area contributed by atoms with Crippen molar-refractivity contribution in [2.75, 3.05) is 6.54 Å². The molecule has 1 aromatic heterocycles. The number of benzene rings is 1. The Labute approximate surface area is 140 Å². The van der Waals surface area contributed by atoms with Gasteiger partial charge in [-0.15, -0.1) is 0 Å². The van der Waals surface area contributed by atoms with Crippen LogP contribution in [-0.2, 0) is 6.42 Å². The fourth-order valence-corrected chi connectivity index (χ4v) is 3.15. The number of nitrogens with zero attached hydrogens (tertiary/aromatic N) is 3. The lowest BCUT2D eigenvalue weighted by atomic mass is 10.0. The summed E-state index contributed by atoms with van der Waals surface area (Å²) >= 11 is 0. The minimum absolute atomic E-state index is 0.171. The number of likely N-dealkylation sites (tertiary alicyclic amines) is 1. The smallest absolute Gasteiger partial charge is 0.256 e. The summed E-state index contributed by atoms with van der Waals surface area (Å²) < 4.78 is 13.2. The highest BCUT2D eigenvalue weighted by Crippen LogP contribution is 2.33. The maximum Gasteiger partial charge on any atom is 0.256 e. The molecule has 24 heavy (non-hydrogen) atoms. The summed E-state index contributed by atoms with van der Waals surface area (Å²) in [6.45, 7) is 3.97. The van der Waals surface area contributed by atoms with E-state index in [2.05, 4.69) is 10.2 Å². The van der Waals surface area contributed by atoms with E-state index in [0.717, 1.165) is 5.56 Å². The van der Waals surface area contributed by atoms with Crippen LogP contribution in [0.3, 0.4) is 0 Å². The van der Waals surface area contributed by atoms with Crippen LogP contribution in [0.1, 0.15) is 46.7 Å². The van der Waals surface area contributed by atoms with E-state index in [1.54, 1.807) is 30.0 Å². The molecule has 0 radical (unpaired) electrons. The van der Waals surface area contributed by atoms with Crippen molar-refractivity contribution >= 4 is 5.91 Å². The number of aromatic nitrogens is 2. The molecule has 0 bridgehead atoms. The van der Waals surface area contributed by atoms with Gasteiger partial charge in [0.15, 0.2) is 0 Å². The fraction of sp³-hybridized carbons (Fsp3) is 0.389. The second-order valence-electron chi connectivity index (χ2n) is 6.11. The molecule has 1 saturated heterocycles. The summed E-state index contributed by atoms with van der Waals surface area (Å²) in [6.07, 6.45) is 0.451. The molecule has 6 heteroatoms. The molecule has 1 aliphatic heterocycles. The van der Waals surface area contributed by atoms with Crippen molar-refractivity contribution in [3.63, 3.8) is 0 Å². The number of hydrogen-bond acceptors (Lipinski definition) is 4. The maximum atomic E-state index is 13.2. The van der Waals surface area contributed by atoms with Gasteiger partial charge in [0.05, 0.1) is 29.1 Å². The molecule has 0 spiro atoms. The van der Waals surface area contributed by atoms with Crippen LogP contribution in [0, 0.1) is 12.7 Å². The molecule has 3 rings (SSSR count). The third-order valence-electron chi connectivity index (χ3n) is 4.35. The van der Waals surface area contributed by atoms with Crippen molar-refractivity contribution in [3.8, 4) is 0 Å². The first-order valence-corrected chi connectivity index (χ1v) is 8.07. The second kappa shape index (κ2) is 6.65. The maximum absolute atomic E-state index is 13.2. The number of amides is 1. The Morgan fingerprint density at radius 2 is 2.04 bits per heavy atom. The van der Waals surface area contributed by atoms with E-state index in [1.807, 2.05) is 6.92 Å². The Balaban J connectivity index is 1.95. The summed E-state index contributed by atoms with van der Waals surface area (Å²) in [5, 5.41) is 18.2. The lowest BCUT2D eigenvalue weighted by molar-refractivity contribution is 0.0713. The van der Waals surface area contributed by atoms with Crippen molar-refractivity contribution in [3.05, 3.63) is 58.7 Å². The van der Waals surface area contributed by atoms with Crippen molar-refractivity contribution in [2.24, 2.45) is 0 Å². The highest BCUT2D eigenvalue weighted by Gasteiger charge is 2.36. The first kappa shape index (κ1) is 16.5. The topological polar surface area (TPSA) is 66.3 Å². The molecule has 0 unspecified atom stereocenters. The van der Waals surface area contributed by atoms with Crippen molar-refractivity contribution in [1.29, 1.82) is 0 Å². The number of hydrogen-bond donors (Lipinski definition) is 1. The van der Waals surface area contributed by atoms with Crippen LogP contribution in [0.15, 0.2) is 30.3 Å². The van der Waals surface area contributed by atoms with Gasteiger partial charge in [-0.1, -0.05) is 19.1 Å². The van der Waals surface area contributed by atoms with Crippen LogP contribution in [-0.4, -0.2) is 38.8 Å². The second-order valence-corrected chi connectivity index (χ2v) is 6.11. The monoisotopic (exact) mass is 329 g/mol. The summed E-state index contributed by atoms with van der Waals surface area (Å²) in [6, 6.07) is 7.53. The van der Waals surface area contributed by atoms with E-state index in [0.29, 0.717) is 29.8 Å². The number of aliphatic hydroxyl groups excluding tert-OH is 1. The van der Waals surface area contributed by atoms with E-state index in [1.165, 1.54) is 12.1 Å².